The number of ketones is 1. The van der Waals surface area contributed by atoms with Crippen molar-refractivity contribution in [2.75, 3.05) is 12.9 Å². The third-order valence-corrected chi connectivity index (χ3v) is 5.23. The van der Waals surface area contributed by atoms with Crippen molar-refractivity contribution in [3.63, 3.8) is 0 Å². The number of ether oxygens (including phenoxy) is 1. The third kappa shape index (κ3) is 4.50. The SMILES string of the molecule is COc1ccccc1-n1nnnc1SCCCC(=O)c1ccc(Br)cc1. The van der Waals surface area contributed by atoms with Crippen LogP contribution in [0.1, 0.15) is 23.2 Å². The van der Waals surface area contributed by atoms with Gasteiger partial charge >= 0.3 is 0 Å². The lowest BCUT2D eigenvalue weighted by atomic mass is 10.1. The van der Waals surface area contributed by atoms with Gasteiger partial charge in [0.1, 0.15) is 11.4 Å². The molecule has 0 aliphatic carbocycles. The van der Waals surface area contributed by atoms with Crippen LogP contribution in [0.4, 0.5) is 0 Å². The summed E-state index contributed by atoms with van der Waals surface area (Å²) in [7, 11) is 1.61. The maximum Gasteiger partial charge on any atom is 0.214 e. The average Bonchev–Trinajstić information content (AvgIpc) is 3.14. The monoisotopic (exact) mass is 432 g/mol. The highest BCUT2D eigenvalue weighted by molar-refractivity contribution is 9.10. The minimum atomic E-state index is 0.141. The molecule has 0 fully saturated rings. The molecule has 0 atom stereocenters. The normalized spacial score (nSPS) is 10.7. The van der Waals surface area contributed by atoms with E-state index in [1.165, 1.54) is 11.8 Å². The standard InChI is InChI=1S/C18H17BrN4O2S/c1-25-17-7-3-2-5-15(17)23-18(20-21-22-23)26-12-4-6-16(24)13-8-10-14(19)11-9-13/h2-3,5,7-11H,4,6,12H2,1H3. The Kier molecular flexibility index (Phi) is 6.40. The summed E-state index contributed by atoms with van der Waals surface area (Å²) >= 11 is 4.89. The number of tetrazole rings is 1. The van der Waals surface area contributed by atoms with Gasteiger partial charge < -0.3 is 4.74 Å². The van der Waals surface area contributed by atoms with Crippen LogP contribution in [0.5, 0.6) is 5.75 Å². The molecule has 134 valence electrons. The molecule has 1 heterocycles. The topological polar surface area (TPSA) is 69.9 Å². The molecule has 0 N–H and O–H groups in total. The fourth-order valence-corrected chi connectivity index (χ4v) is 3.49. The Morgan fingerprint density at radius 3 is 2.73 bits per heavy atom. The van der Waals surface area contributed by atoms with Crippen molar-refractivity contribution in [1.82, 2.24) is 20.2 Å². The molecule has 1 aromatic heterocycles. The highest BCUT2D eigenvalue weighted by Gasteiger charge is 2.13. The number of carbonyl (C=O) groups is 1. The summed E-state index contributed by atoms with van der Waals surface area (Å²) < 4.78 is 7.98. The Balaban J connectivity index is 1.57. The summed E-state index contributed by atoms with van der Waals surface area (Å²) in [6.07, 6.45) is 1.24. The summed E-state index contributed by atoms with van der Waals surface area (Å²) in [5.41, 5.74) is 1.52. The number of para-hydroxylation sites is 2. The second-order valence-corrected chi connectivity index (χ2v) is 7.40. The van der Waals surface area contributed by atoms with Gasteiger partial charge in [0.05, 0.1) is 7.11 Å². The van der Waals surface area contributed by atoms with Crippen LogP contribution in [0.2, 0.25) is 0 Å². The first-order valence-electron chi connectivity index (χ1n) is 8.02. The predicted molar refractivity (Wildman–Crippen MR) is 104 cm³/mol. The fourth-order valence-electron chi connectivity index (χ4n) is 2.40. The summed E-state index contributed by atoms with van der Waals surface area (Å²) in [6, 6.07) is 15.0. The number of aromatic nitrogens is 4. The molecule has 26 heavy (non-hydrogen) atoms. The molecule has 2 aromatic carbocycles. The highest BCUT2D eigenvalue weighted by atomic mass is 79.9. The van der Waals surface area contributed by atoms with Gasteiger partial charge in [-0.3, -0.25) is 4.79 Å². The molecule has 0 radical (unpaired) electrons. The van der Waals surface area contributed by atoms with E-state index in [-0.39, 0.29) is 5.78 Å². The lowest BCUT2D eigenvalue weighted by molar-refractivity contribution is 0.0982. The first-order valence-corrected chi connectivity index (χ1v) is 9.80. The Morgan fingerprint density at radius 1 is 1.19 bits per heavy atom. The van der Waals surface area contributed by atoms with Crippen LogP contribution in [0.25, 0.3) is 5.69 Å². The number of Topliss-reactive ketones (excluding diaryl/α,β-unsaturated/α-hetero) is 1. The van der Waals surface area contributed by atoms with Crippen molar-refractivity contribution in [2.45, 2.75) is 18.0 Å². The van der Waals surface area contributed by atoms with E-state index in [0.29, 0.717) is 17.3 Å². The summed E-state index contributed by atoms with van der Waals surface area (Å²) in [6.45, 7) is 0. The molecule has 0 aliphatic heterocycles. The maximum atomic E-state index is 12.2. The van der Waals surface area contributed by atoms with Crippen molar-refractivity contribution in [3.8, 4) is 11.4 Å². The number of hydrogen-bond acceptors (Lipinski definition) is 6. The van der Waals surface area contributed by atoms with Gasteiger partial charge in [-0.05, 0) is 41.1 Å². The van der Waals surface area contributed by atoms with Gasteiger partial charge in [-0.15, -0.1) is 5.10 Å². The van der Waals surface area contributed by atoms with Crippen LogP contribution in [0, 0.1) is 0 Å². The molecule has 0 unspecified atom stereocenters. The summed E-state index contributed by atoms with van der Waals surface area (Å²) in [5.74, 6) is 1.59. The van der Waals surface area contributed by atoms with E-state index in [1.807, 2.05) is 48.5 Å². The fraction of sp³-hybridized carbons (Fsp3) is 0.222. The number of halogens is 1. The zero-order valence-electron chi connectivity index (χ0n) is 14.1. The third-order valence-electron chi connectivity index (χ3n) is 3.70. The largest absolute Gasteiger partial charge is 0.494 e. The maximum absolute atomic E-state index is 12.2. The Labute approximate surface area is 164 Å². The smallest absolute Gasteiger partial charge is 0.214 e. The number of hydrogen-bond donors (Lipinski definition) is 0. The zero-order valence-corrected chi connectivity index (χ0v) is 16.5. The summed E-state index contributed by atoms with van der Waals surface area (Å²) in [4.78, 5) is 12.2. The average molecular weight is 433 g/mol. The van der Waals surface area contributed by atoms with Gasteiger partial charge in [0, 0.05) is 22.2 Å². The number of methoxy groups -OCH3 is 1. The van der Waals surface area contributed by atoms with Gasteiger partial charge in [0.2, 0.25) is 5.16 Å². The van der Waals surface area contributed by atoms with Crippen molar-refractivity contribution in [3.05, 3.63) is 58.6 Å². The van der Waals surface area contributed by atoms with Crippen LogP contribution in [-0.2, 0) is 0 Å². The second-order valence-electron chi connectivity index (χ2n) is 5.43. The number of rotatable bonds is 8. The van der Waals surface area contributed by atoms with E-state index in [0.717, 1.165) is 27.9 Å². The van der Waals surface area contributed by atoms with Gasteiger partial charge in [-0.25, -0.2) is 0 Å². The van der Waals surface area contributed by atoms with Gasteiger partial charge in [0.15, 0.2) is 5.78 Å². The molecule has 3 aromatic rings. The van der Waals surface area contributed by atoms with Crippen LogP contribution in [0.15, 0.2) is 58.2 Å². The van der Waals surface area contributed by atoms with E-state index < -0.39 is 0 Å². The molecule has 6 nitrogen and oxygen atoms in total. The molecule has 0 bridgehead atoms. The Morgan fingerprint density at radius 2 is 1.96 bits per heavy atom. The molecule has 0 spiro atoms. The zero-order chi connectivity index (χ0) is 18.4. The first-order chi connectivity index (χ1) is 12.7. The van der Waals surface area contributed by atoms with E-state index in [4.69, 9.17) is 4.74 Å². The van der Waals surface area contributed by atoms with E-state index in [2.05, 4.69) is 31.5 Å². The first kappa shape index (κ1) is 18.6. The van der Waals surface area contributed by atoms with E-state index in [1.54, 1.807) is 11.8 Å². The minimum absolute atomic E-state index is 0.141. The second kappa shape index (κ2) is 8.95. The van der Waals surface area contributed by atoms with Crippen LogP contribution >= 0.6 is 27.7 Å². The Hall–Kier alpha value is -2.19. The molecular formula is C18H17BrN4O2S. The van der Waals surface area contributed by atoms with Gasteiger partial charge in [-0.1, -0.05) is 52.0 Å². The number of nitrogens with zero attached hydrogens (tertiary/aromatic N) is 4. The molecule has 0 amide bonds. The number of thioether (sulfide) groups is 1. The van der Waals surface area contributed by atoms with Crippen LogP contribution < -0.4 is 4.74 Å². The number of carbonyl (C=O) groups excluding carboxylic acids is 1. The van der Waals surface area contributed by atoms with Crippen molar-refractivity contribution >= 4 is 33.5 Å². The molecule has 8 heteroatoms. The van der Waals surface area contributed by atoms with E-state index >= 15 is 0 Å². The molecular weight excluding hydrogens is 416 g/mol. The van der Waals surface area contributed by atoms with Gasteiger partial charge in [-0.2, -0.15) is 4.68 Å². The predicted octanol–water partition coefficient (Wildman–Crippen LogP) is 4.19. The molecule has 0 saturated heterocycles. The van der Waals surface area contributed by atoms with Crippen LogP contribution in [0.3, 0.4) is 0 Å². The highest BCUT2D eigenvalue weighted by Crippen LogP contribution is 2.26. The van der Waals surface area contributed by atoms with Crippen LogP contribution in [-0.4, -0.2) is 38.9 Å². The number of benzene rings is 2. The van der Waals surface area contributed by atoms with E-state index in [9.17, 15) is 4.79 Å². The van der Waals surface area contributed by atoms with Crippen molar-refractivity contribution < 1.29 is 9.53 Å². The molecule has 3 rings (SSSR count). The quantitative estimate of drug-likeness (QED) is 0.302. The minimum Gasteiger partial charge on any atom is -0.494 e. The van der Waals surface area contributed by atoms with Crippen molar-refractivity contribution in [1.29, 1.82) is 0 Å². The van der Waals surface area contributed by atoms with Crippen molar-refractivity contribution in [2.24, 2.45) is 0 Å². The molecule has 0 saturated carbocycles. The lowest BCUT2D eigenvalue weighted by Gasteiger charge is -2.08. The lowest BCUT2D eigenvalue weighted by Crippen LogP contribution is -2.03. The van der Waals surface area contributed by atoms with Gasteiger partial charge in [0.25, 0.3) is 0 Å². The summed E-state index contributed by atoms with van der Waals surface area (Å²) in [5, 5.41) is 12.6. The molecule has 0 aliphatic rings. The Bertz CT molecular complexity index is 883.